The minimum atomic E-state index is 0.814. The van der Waals surface area contributed by atoms with E-state index >= 15 is 0 Å². The van der Waals surface area contributed by atoms with Gasteiger partial charge in [-0.25, -0.2) is 0 Å². The summed E-state index contributed by atoms with van der Waals surface area (Å²) in [6.45, 7) is 3.48. The second kappa shape index (κ2) is 6.41. The van der Waals surface area contributed by atoms with Crippen molar-refractivity contribution in [1.29, 1.82) is 0 Å². The molecule has 1 aromatic rings. The largest absolute Gasteiger partial charge is 0.497 e. The maximum Gasteiger partial charge on any atom is 0.119 e. The summed E-state index contributed by atoms with van der Waals surface area (Å²) in [4.78, 5) is 2.55. The first-order valence-corrected chi connectivity index (χ1v) is 7.35. The quantitative estimate of drug-likeness (QED) is 0.791. The van der Waals surface area contributed by atoms with Crippen LogP contribution in [0.3, 0.4) is 0 Å². The maximum atomic E-state index is 5.26. The van der Waals surface area contributed by atoms with Gasteiger partial charge in [-0.05, 0) is 43.0 Å². The van der Waals surface area contributed by atoms with Crippen molar-refractivity contribution in [2.45, 2.75) is 19.4 Å². The molecule has 0 bridgehead atoms. The monoisotopic (exact) mass is 297 g/mol. The number of likely N-dealkylation sites (tertiary alicyclic amines) is 1. The Labute approximate surface area is 112 Å². The zero-order valence-corrected chi connectivity index (χ0v) is 11.9. The van der Waals surface area contributed by atoms with Crippen LogP contribution in [0.4, 0.5) is 0 Å². The molecule has 0 N–H and O–H groups in total. The van der Waals surface area contributed by atoms with Crippen LogP contribution in [-0.2, 0) is 6.54 Å². The Morgan fingerprint density at radius 1 is 1.47 bits per heavy atom. The predicted molar refractivity (Wildman–Crippen MR) is 74.8 cm³/mol. The number of benzene rings is 1. The van der Waals surface area contributed by atoms with Crippen LogP contribution in [0.15, 0.2) is 24.3 Å². The van der Waals surface area contributed by atoms with Crippen LogP contribution >= 0.6 is 15.9 Å². The number of rotatable bonds is 4. The number of alkyl halides is 1. The summed E-state index contributed by atoms with van der Waals surface area (Å²) >= 11 is 3.60. The van der Waals surface area contributed by atoms with E-state index in [9.17, 15) is 0 Å². The Bertz CT molecular complexity index is 356. The summed E-state index contributed by atoms with van der Waals surface area (Å²) in [5.74, 6) is 1.77. The minimum absolute atomic E-state index is 0.814. The number of hydrogen-bond acceptors (Lipinski definition) is 2. The molecule has 1 unspecified atom stereocenters. The van der Waals surface area contributed by atoms with Gasteiger partial charge < -0.3 is 4.74 Å². The zero-order chi connectivity index (χ0) is 12.1. The standard InChI is InChI=1S/C14H20BrNO/c1-17-14-6-2-4-12(8-14)10-16-7-3-5-13(9-15)11-16/h2,4,6,8,13H,3,5,7,9-11H2,1H3. The van der Waals surface area contributed by atoms with Gasteiger partial charge in [-0.15, -0.1) is 0 Å². The lowest BCUT2D eigenvalue weighted by atomic mass is 10.00. The number of nitrogens with zero attached hydrogens (tertiary/aromatic N) is 1. The molecule has 2 nitrogen and oxygen atoms in total. The van der Waals surface area contributed by atoms with E-state index in [-0.39, 0.29) is 0 Å². The van der Waals surface area contributed by atoms with Crippen molar-refractivity contribution in [3.05, 3.63) is 29.8 Å². The molecule has 94 valence electrons. The molecule has 1 aliphatic heterocycles. The summed E-state index contributed by atoms with van der Waals surface area (Å²) in [6, 6.07) is 8.39. The second-order valence-corrected chi connectivity index (χ2v) is 5.40. The van der Waals surface area contributed by atoms with E-state index in [2.05, 4.69) is 39.0 Å². The third-order valence-electron chi connectivity index (χ3n) is 3.36. The van der Waals surface area contributed by atoms with Gasteiger partial charge in [0.05, 0.1) is 7.11 Å². The van der Waals surface area contributed by atoms with Gasteiger partial charge >= 0.3 is 0 Å². The number of methoxy groups -OCH3 is 1. The van der Waals surface area contributed by atoms with Gasteiger partial charge in [0, 0.05) is 18.4 Å². The van der Waals surface area contributed by atoms with Crippen LogP contribution in [0.2, 0.25) is 0 Å². The van der Waals surface area contributed by atoms with E-state index in [0.29, 0.717) is 0 Å². The topological polar surface area (TPSA) is 12.5 Å². The van der Waals surface area contributed by atoms with Crippen LogP contribution < -0.4 is 4.74 Å². The second-order valence-electron chi connectivity index (χ2n) is 4.75. The van der Waals surface area contributed by atoms with Crippen LogP contribution in [-0.4, -0.2) is 30.4 Å². The highest BCUT2D eigenvalue weighted by Gasteiger charge is 2.18. The molecular weight excluding hydrogens is 278 g/mol. The molecule has 0 aliphatic carbocycles. The fraction of sp³-hybridized carbons (Fsp3) is 0.571. The summed E-state index contributed by atoms with van der Waals surface area (Å²) in [5.41, 5.74) is 1.35. The van der Waals surface area contributed by atoms with Crippen molar-refractivity contribution in [3.63, 3.8) is 0 Å². The summed E-state index contributed by atoms with van der Waals surface area (Å²) in [5, 5.41) is 1.13. The average molecular weight is 298 g/mol. The Morgan fingerprint density at radius 3 is 3.12 bits per heavy atom. The van der Waals surface area contributed by atoms with Gasteiger partial charge in [0.2, 0.25) is 0 Å². The molecule has 2 rings (SSSR count). The van der Waals surface area contributed by atoms with E-state index < -0.39 is 0 Å². The first-order valence-electron chi connectivity index (χ1n) is 6.23. The van der Waals surface area contributed by atoms with Gasteiger partial charge in [0.15, 0.2) is 0 Å². The van der Waals surface area contributed by atoms with Gasteiger partial charge in [-0.2, -0.15) is 0 Å². The van der Waals surface area contributed by atoms with Crippen LogP contribution in [0, 0.1) is 5.92 Å². The molecule has 1 heterocycles. The highest BCUT2D eigenvalue weighted by atomic mass is 79.9. The average Bonchev–Trinajstić information content (AvgIpc) is 2.39. The molecule has 0 saturated carbocycles. The van der Waals surface area contributed by atoms with Gasteiger partial charge in [0.25, 0.3) is 0 Å². The number of hydrogen-bond donors (Lipinski definition) is 0. The van der Waals surface area contributed by atoms with Crippen molar-refractivity contribution in [2.75, 3.05) is 25.5 Å². The van der Waals surface area contributed by atoms with Gasteiger partial charge in [-0.1, -0.05) is 28.1 Å². The number of piperidine rings is 1. The highest BCUT2D eigenvalue weighted by Crippen LogP contribution is 2.21. The maximum absolute atomic E-state index is 5.26. The SMILES string of the molecule is COc1cccc(CN2CCCC(CBr)C2)c1. The van der Waals surface area contributed by atoms with Crippen molar-refractivity contribution in [2.24, 2.45) is 5.92 Å². The Balaban J connectivity index is 1.95. The molecule has 0 aromatic heterocycles. The predicted octanol–water partition coefficient (Wildman–Crippen LogP) is 3.30. The molecule has 0 radical (unpaired) electrons. The van der Waals surface area contributed by atoms with Crippen LogP contribution in [0.5, 0.6) is 5.75 Å². The van der Waals surface area contributed by atoms with E-state index in [1.807, 2.05) is 6.07 Å². The van der Waals surface area contributed by atoms with E-state index in [0.717, 1.165) is 23.5 Å². The first kappa shape index (κ1) is 12.9. The van der Waals surface area contributed by atoms with E-state index in [1.54, 1.807) is 7.11 Å². The van der Waals surface area contributed by atoms with Gasteiger partial charge in [0.1, 0.15) is 5.75 Å². The lowest BCUT2D eigenvalue weighted by molar-refractivity contribution is 0.179. The first-order chi connectivity index (χ1) is 8.31. The molecule has 1 aliphatic rings. The Kier molecular flexibility index (Phi) is 4.86. The molecule has 17 heavy (non-hydrogen) atoms. The fourth-order valence-corrected chi connectivity index (χ4v) is 2.98. The smallest absolute Gasteiger partial charge is 0.119 e. The molecule has 1 atom stereocenters. The lowest BCUT2D eigenvalue weighted by Gasteiger charge is -2.31. The molecule has 0 amide bonds. The third kappa shape index (κ3) is 3.71. The van der Waals surface area contributed by atoms with Crippen molar-refractivity contribution in [3.8, 4) is 5.75 Å². The molecule has 3 heteroatoms. The normalized spacial score (nSPS) is 21.4. The Hall–Kier alpha value is -0.540. The number of halogens is 1. The van der Waals surface area contributed by atoms with Crippen molar-refractivity contribution in [1.82, 2.24) is 4.90 Å². The van der Waals surface area contributed by atoms with Crippen LogP contribution in [0.25, 0.3) is 0 Å². The van der Waals surface area contributed by atoms with Gasteiger partial charge in [-0.3, -0.25) is 4.90 Å². The summed E-state index contributed by atoms with van der Waals surface area (Å²) in [6.07, 6.45) is 2.68. The minimum Gasteiger partial charge on any atom is -0.497 e. The number of ether oxygens (including phenoxy) is 1. The molecule has 1 saturated heterocycles. The van der Waals surface area contributed by atoms with Crippen molar-refractivity contribution < 1.29 is 4.74 Å². The summed E-state index contributed by atoms with van der Waals surface area (Å²) in [7, 11) is 1.72. The molecular formula is C14H20BrNO. The van der Waals surface area contributed by atoms with E-state index in [1.165, 1.54) is 31.5 Å². The summed E-state index contributed by atoms with van der Waals surface area (Å²) < 4.78 is 5.26. The lowest BCUT2D eigenvalue weighted by Crippen LogP contribution is -2.35. The zero-order valence-electron chi connectivity index (χ0n) is 10.4. The fourth-order valence-electron chi connectivity index (χ4n) is 2.45. The highest BCUT2D eigenvalue weighted by molar-refractivity contribution is 9.09. The Morgan fingerprint density at radius 2 is 2.35 bits per heavy atom. The third-order valence-corrected chi connectivity index (χ3v) is 4.28. The molecule has 1 fully saturated rings. The molecule has 0 spiro atoms. The van der Waals surface area contributed by atoms with Crippen molar-refractivity contribution >= 4 is 15.9 Å². The van der Waals surface area contributed by atoms with Crippen LogP contribution in [0.1, 0.15) is 18.4 Å². The molecule has 1 aromatic carbocycles. The van der Waals surface area contributed by atoms with E-state index in [4.69, 9.17) is 4.74 Å².